The van der Waals surface area contributed by atoms with Crippen molar-refractivity contribution in [1.82, 2.24) is 9.78 Å². The SMILES string of the molecule is O=c1cc(-c2ccccc2)[nH]n1-c1cc(Cl)c(S(=O)(=O)O)cc1Cl. The Labute approximate surface area is 147 Å². The molecule has 1 aromatic heterocycles. The smallest absolute Gasteiger partial charge is 0.290 e. The van der Waals surface area contributed by atoms with Gasteiger partial charge in [-0.05, 0) is 17.7 Å². The van der Waals surface area contributed by atoms with Crippen molar-refractivity contribution in [2.45, 2.75) is 4.90 Å². The summed E-state index contributed by atoms with van der Waals surface area (Å²) in [6, 6.07) is 12.7. The van der Waals surface area contributed by atoms with Crippen LogP contribution < -0.4 is 5.56 Å². The number of aromatic amines is 1. The molecule has 124 valence electrons. The normalized spacial score (nSPS) is 11.6. The van der Waals surface area contributed by atoms with Crippen molar-refractivity contribution in [2.75, 3.05) is 0 Å². The lowest BCUT2D eigenvalue weighted by Gasteiger charge is -2.08. The molecular formula is C15H10Cl2N2O4S. The maximum absolute atomic E-state index is 12.2. The van der Waals surface area contributed by atoms with Gasteiger partial charge in [0.05, 0.1) is 21.4 Å². The van der Waals surface area contributed by atoms with E-state index >= 15 is 0 Å². The lowest BCUT2D eigenvalue weighted by Crippen LogP contribution is -2.14. The van der Waals surface area contributed by atoms with Crippen molar-refractivity contribution in [3.63, 3.8) is 0 Å². The van der Waals surface area contributed by atoms with Crippen molar-refractivity contribution in [3.8, 4) is 16.9 Å². The second kappa shape index (κ2) is 6.10. The van der Waals surface area contributed by atoms with E-state index in [-0.39, 0.29) is 15.7 Å². The first kappa shape index (κ1) is 16.8. The summed E-state index contributed by atoms with van der Waals surface area (Å²) in [4.78, 5) is 11.7. The summed E-state index contributed by atoms with van der Waals surface area (Å²) < 4.78 is 32.8. The van der Waals surface area contributed by atoms with Crippen LogP contribution in [0.1, 0.15) is 0 Å². The van der Waals surface area contributed by atoms with Crippen LogP contribution in [0.5, 0.6) is 0 Å². The Morgan fingerprint density at radius 1 is 1.00 bits per heavy atom. The number of rotatable bonds is 3. The molecule has 9 heteroatoms. The molecule has 0 atom stereocenters. The zero-order chi connectivity index (χ0) is 17.5. The fraction of sp³-hybridized carbons (Fsp3) is 0. The molecule has 0 spiro atoms. The van der Waals surface area contributed by atoms with Crippen molar-refractivity contribution >= 4 is 33.3 Å². The Bertz CT molecular complexity index is 1070. The second-order valence-corrected chi connectivity index (χ2v) is 7.12. The average molecular weight is 385 g/mol. The van der Waals surface area contributed by atoms with Gasteiger partial charge in [0.15, 0.2) is 0 Å². The molecule has 24 heavy (non-hydrogen) atoms. The first-order valence-electron chi connectivity index (χ1n) is 6.62. The molecular weight excluding hydrogens is 375 g/mol. The van der Waals surface area contributed by atoms with Crippen molar-refractivity contribution in [1.29, 1.82) is 0 Å². The van der Waals surface area contributed by atoms with Crippen molar-refractivity contribution in [2.24, 2.45) is 0 Å². The van der Waals surface area contributed by atoms with E-state index in [0.717, 1.165) is 16.3 Å². The lowest BCUT2D eigenvalue weighted by atomic mass is 10.2. The predicted octanol–water partition coefficient (Wildman–Crippen LogP) is 3.39. The topological polar surface area (TPSA) is 92.2 Å². The van der Waals surface area contributed by atoms with E-state index in [9.17, 15) is 13.2 Å². The molecule has 0 radical (unpaired) electrons. The molecule has 0 saturated heterocycles. The van der Waals surface area contributed by atoms with Gasteiger partial charge >= 0.3 is 0 Å². The Kier molecular flexibility index (Phi) is 4.27. The van der Waals surface area contributed by atoms with E-state index in [0.29, 0.717) is 5.69 Å². The third-order valence-corrected chi connectivity index (χ3v) is 4.95. The quantitative estimate of drug-likeness (QED) is 0.676. The Morgan fingerprint density at radius 2 is 1.67 bits per heavy atom. The fourth-order valence-corrected chi connectivity index (χ4v) is 3.56. The van der Waals surface area contributed by atoms with Crippen LogP contribution in [0.15, 0.2) is 58.2 Å². The number of H-pyrrole nitrogens is 1. The average Bonchev–Trinajstić information content (AvgIpc) is 2.91. The molecule has 0 aliphatic carbocycles. The number of halogens is 2. The van der Waals surface area contributed by atoms with Gasteiger partial charge in [-0.2, -0.15) is 8.42 Å². The Morgan fingerprint density at radius 3 is 2.29 bits per heavy atom. The van der Waals surface area contributed by atoms with Crippen LogP contribution >= 0.6 is 23.2 Å². The lowest BCUT2D eigenvalue weighted by molar-refractivity contribution is 0.483. The Hall–Kier alpha value is -2.06. The van der Waals surface area contributed by atoms with Crippen LogP contribution in [0, 0.1) is 0 Å². The third kappa shape index (κ3) is 3.11. The number of benzene rings is 2. The summed E-state index contributed by atoms with van der Waals surface area (Å²) in [5, 5.41) is 2.58. The molecule has 0 fully saturated rings. The first-order valence-corrected chi connectivity index (χ1v) is 8.81. The third-order valence-electron chi connectivity index (χ3n) is 3.33. The molecule has 3 aromatic rings. The monoisotopic (exact) mass is 384 g/mol. The summed E-state index contributed by atoms with van der Waals surface area (Å²) in [6.07, 6.45) is 0. The van der Waals surface area contributed by atoms with Crippen LogP contribution in [-0.2, 0) is 10.1 Å². The number of nitrogens with one attached hydrogen (secondary N) is 1. The van der Waals surface area contributed by atoms with E-state index in [4.69, 9.17) is 27.8 Å². The molecule has 2 N–H and O–H groups in total. The maximum atomic E-state index is 12.2. The molecule has 0 amide bonds. The number of aromatic nitrogens is 2. The zero-order valence-electron chi connectivity index (χ0n) is 11.9. The maximum Gasteiger partial charge on any atom is 0.296 e. The molecule has 6 nitrogen and oxygen atoms in total. The molecule has 0 aliphatic rings. The number of hydrogen-bond donors (Lipinski definition) is 2. The predicted molar refractivity (Wildman–Crippen MR) is 91.7 cm³/mol. The second-order valence-electron chi connectivity index (χ2n) is 4.92. The first-order chi connectivity index (χ1) is 11.3. The van der Waals surface area contributed by atoms with E-state index in [1.54, 1.807) is 0 Å². The van der Waals surface area contributed by atoms with Gasteiger partial charge in [0.25, 0.3) is 15.7 Å². The highest BCUT2D eigenvalue weighted by molar-refractivity contribution is 7.86. The molecule has 0 bridgehead atoms. The van der Waals surface area contributed by atoms with Gasteiger partial charge in [0, 0.05) is 6.07 Å². The van der Waals surface area contributed by atoms with Gasteiger partial charge < -0.3 is 0 Å². The van der Waals surface area contributed by atoms with Gasteiger partial charge in [0.2, 0.25) is 0 Å². The minimum Gasteiger partial charge on any atom is -0.290 e. The van der Waals surface area contributed by atoms with E-state index in [1.807, 2.05) is 30.3 Å². The van der Waals surface area contributed by atoms with Gasteiger partial charge in [-0.15, -0.1) is 0 Å². The van der Waals surface area contributed by atoms with E-state index in [1.165, 1.54) is 12.1 Å². The summed E-state index contributed by atoms with van der Waals surface area (Å²) >= 11 is 11.9. The van der Waals surface area contributed by atoms with Crippen LogP contribution in [-0.4, -0.2) is 22.8 Å². The number of nitrogens with zero attached hydrogens (tertiary/aromatic N) is 1. The number of hydrogen-bond acceptors (Lipinski definition) is 3. The van der Waals surface area contributed by atoms with E-state index in [2.05, 4.69) is 5.10 Å². The van der Waals surface area contributed by atoms with Crippen LogP contribution in [0.3, 0.4) is 0 Å². The molecule has 0 saturated carbocycles. The van der Waals surface area contributed by atoms with E-state index < -0.39 is 20.6 Å². The van der Waals surface area contributed by atoms with Gasteiger partial charge in [-0.25, -0.2) is 4.68 Å². The Balaban J connectivity index is 2.16. The minimum absolute atomic E-state index is 0.0596. The van der Waals surface area contributed by atoms with Crippen LogP contribution in [0.2, 0.25) is 10.0 Å². The highest BCUT2D eigenvalue weighted by atomic mass is 35.5. The fourth-order valence-electron chi connectivity index (χ4n) is 2.23. The molecule has 1 heterocycles. The molecule has 0 aliphatic heterocycles. The van der Waals surface area contributed by atoms with Crippen LogP contribution in [0.4, 0.5) is 0 Å². The highest BCUT2D eigenvalue weighted by Gasteiger charge is 2.19. The van der Waals surface area contributed by atoms with Gasteiger partial charge in [0.1, 0.15) is 4.90 Å². The van der Waals surface area contributed by atoms with Gasteiger partial charge in [-0.1, -0.05) is 53.5 Å². The summed E-state index contributed by atoms with van der Waals surface area (Å²) in [7, 11) is -4.52. The van der Waals surface area contributed by atoms with Crippen molar-refractivity contribution in [3.05, 3.63) is 68.9 Å². The largest absolute Gasteiger partial charge is 0.296 e. The minimum atomic E-state index is -4.52. The molecule has 2 aromatic carbocycles. The molecule has 0 unspecified atom stereocenters. The van der Waals surface area contributed by atoms with Crippen LogP contribution in [0.25, 0.3) is 16.9 Å². The van der Waals surface area contributed by atoms with Gasteiger partial charge in [-0.3, -0.25) is 14.4 Å². The summed E-state index contributed by atoms with van der Waals surface area (Å²) in [5.41, 5.74) is 1.13. The van der Waals surface area contributed by atoms with Crippen molar-refractivity contribution < 1.29 is 13.0 Å². The zero-order valence-corrected chi connectivity index (χ0v) is 14.2. The molecule has 3 rings (SSSR count). The standard InChI is InChI=1S/C15H10Cl2N2O4S/c16-10-7-14(24(21,22)23)11(17)6-13(10)19-15(20)8-12(18-19)9-4-2-1-3-5-9/h1-8,18H,(H,21,22,23). The summed E-state index contributed by atoms with van der Waals surface area (Å²) in [6.45, 7) is 0. The highest BCUT2D eigenvalue weighted by Crippen LogP contribution is 2.30. The summed E-state index contributed by atoms with van der Waals surface area (Å²) in [5.74, 6) is 0.